The second-order valence-electron chi connectivity index (χ2n) is 12.0. The first-order chi connectivity index (χ1) is 18.3. The summed E-state index contributed by atoms with van der Waals surface area (Å²) in [5.41, 5.74) is 4.61. The van der Waals surface area contributed by atoms with Crippen LogP contribution in [-0.2, 0) is 11.2 Å². The summed E-state index contributed by atoms with van der Waals surface area (Å²) in [5, 5.41) is 12.1. The van der Waals surface area contributed by atoms with Crippen molar-refractivity contribution < 1.29 is 23.8 Å². The lowest BCUT2D eigenvalue weighted by Crippen LogP contribution is -2.44. The van der Waals surface area contributed by atoms with E-state index in [1.807, 2.05) is 12.1 Å². The molecule has 0 saturated heterocycles. The predicted molar refractivity (Wildman–Crippen MR) is 141 cm³/mol. The molecule has 4 aliphatic carbocycles. The van der Waals surface area contributed by atoms with Crippen LogP contribution in [-0.4, -0.2) is 34.3 Å². The smallest absolute Gasteiger partial charge is 0.450 e. The van der Waals surface area contributed by atoms with Crippen molar-refractivity contribution in [3.05, 3.63) is 70.8 Å². The Hall–Kier alpha value is -3.22. The van der Waals surface area contributed by atoms with Gasteiger partial charge >= 0.3 is 6.16 Å². The summed E-state index contributed by atoms with van der Waals surface area (Å²) in [6.07, 6.45) is 12.3. The van der Waals surface area contributed by atoms with Gasteiger partial charge in [0.2, 0.25) is 0 Å². The van der Waals surface area contributed by atoms with Crippen molar-refractivity contribution in [1.82, 2.24) is 10.3 Å². The van der Waals surface area contributed by atoms with E-state index in [1.54, 1.807) is 12.3 Å². The Balaban J connectivity index is 1.17. The Morgan fingerprint density at radius 3 is 2.74 bits per heavy atom. The standard InChI is InChI=1S/C31H35FN2O4/c1-30-13-10-24-23-6-5-20(28(35)34-18-31(38-29(36)37)11-2-3-12-31)14-19(23)4-7-25(24)27(30)9-8-26(30)21-15-22(32)17-33-16-21/h5-6,8,14-17,24-25,27H,2-4,7,9-13,18H2,1H3,(H,34,35)(H,36,37)/t24?,25?,27?,30-/m1/s1. The van der Waals surface area contributed by atoms with Gasteiger partial charge in [-0.2, -0.15) is 0 Å². The van der Waals surface area contributed by atoms with Crippen molar-refractivity contribution in [3.8, 4) is 0 Å². The summed E-state index contributed by atoms with van der Waals surface area (Å²) in [6.45, 7) is 2.56. The fourth-order valence-electron chi connectivity index (χ4n) is 8.16. The first-order valence-corrected chi connectivity index (χ1v) is 13.9. The largest absolute Gasteiger partial charge is 0.506 e. The number of hydrogen-bond acceptors (Lipinski definition) is 4. The van der Waals surface area contributed by atoms with Crippen molar-refractivity contribution in [3.63, 3.8) is 0 Å². The van der Waals surface area contributed by atoms with Crippen molar-refractivity contribution in [2.75, 3.05) is 6.54 Å². The first kappa shape index (κ1) is 25.1. The fraction of sp³-hybridized carbons (Fsp3) is 0.516. The number of aryl methyl sites for hydroxylation is 1. The third-order valence-electron chi connectivity index (χ3n) is 9.98. The van der Waals surface area contributed by atoms with Crippen molar-refractivity contribution in [2.45, 2.75) is 76.2 Å². The van der Waals surface area contributed by atoms with E-state index in [0.717, 1.165) is 50.5 Å². The molecular formula is C31H35FN2O4. The van der Waals surface area contributed by atoms with Gasteiger partial charge in [0.25, 0.3) is 5.91 Å². The Labute approximate surface area is 222 Å². The lowest BCUT2D eigenvalue weighted by atomic mass is 9.54. The molecule has 1 aromatic carbocycles. The number of carbonyl (C=O) groups is 2. The topological polar surface area (TPSA) is 88.5 Å². The van der Waals surface area contributed by atoms with Gasteiger partial charge in [0.15, 0.2) is 0 Å². The average Bonchev–Trinajstić information content (AvgIpc) is 3.50. The number of amides is 1. The molecule has 2 N–H and O–H groups in total. The molecule has 6 rings (SSSR count). The predicted octanol–water partition coefficient (Wildman–Crippen LogP) is 6.51. The minimum absolute atomic E-state index is 0.0299. The number of carbonyl (C=O) groups excluding carboxylic acids is 1. The summed E-state index contributed by atoms with van der Waals surface area (Å²) >= 11 is 0. The molecule has 2 aromatic rings. The molecule has 7 heteroatoms. The number of nitrogens with zero attached hydrogens (tertiary/aromatic N) is 1. The highest BCUT2D eigenvalue weighted by Gasteiger charge is 2.52. The lowest BCUT2D eigenvalue weighted by molar-refractivity contribution is -0.0137. The highest BCUT2D eigenvalue weighted by atomic mass is 19.1. The Morgan fingerprint density at radius 1 is 1.16 bits per heavy atom. The third-order valence-corrected chi connectivity index (χ3v) is 9.98. The Kier molecular flexibility index (Phi) is 6.28. The van der Waals surface area contributed by atoms with Gasteiger partial charge in [0.05, 0.1) is 12.7 Å². The quantitative estimate of drug-likeness (QED) is 0.441. The molecule has 1 heterocycles. The summed E-state index contributed by atoms with van der Waals surface area (Å²) < 4.78 is 19.1. The molecule has 0 aliphatic heterocycles. The van der Waals surface area contributed by atoms with Crippen LogP contribution >= 0.6 is 0 Å². The molecule has 0 bridgehead atoms. The number of rotatable bonds is 5. The summed E-state index contributed by atoms with van der Waals surface area (Å²) in [7, 11) is 0. The number of fused-ring (bicyclic) bond motifs is 5. The minimum Gasteiger partial charge on any atom is -0.450 e. The van der Waals surface area contributed by atoms with Crippen LogP contribution in [0.5, 0.6) is 0 Å². The normalized spacial score (nSPS) is 29.0. The van der Waals surface area contributed by atoms with Crippen molar-refractivity contribution in [2.24, 2.45) is 17.3 Å². The molecule has 0 spiro atoms. The van der Waals surface area contributed by atoms with Gasteiger partial charge in [0.1, 0.15) is 11.4 Å². The molecule has 2 fully saturated rings. The maximum atomic E-state index is 13.9. The monoisotopic (exact) mass is 518 g/mol. The van der Waals surface area contributed by atoms with E-state index in [4.69, 9.17) is 9.84 Å². The number of benzene rings is 1. The second kappa shape index (κ2) is 9.51. The number of allylic oxidation sites excluding steroid dienone is 2. The fourth-order valence-corrected chi connectivity index (χ4v) is 8.16. The molecule has 1 amide bonds. The van der Waals surface area contributed by atoms with Gasteiger partial charge in [-0.05, 0) is 121 Å². The summed E-state index contributed by atoms with van der Waals surface area (Å²) in [5.74, 6) is 1.08. The number of aromatic nitrogens is 1. The van der Waals surface area contributed by atoms with Crippen molar-refractivity contribution >= 4 is 17.6 Å². The molecule has 6 nitrogen and oxygen atoms in total. The number of hydrogen-bond donors (Lipinski definition) is 2. The first-order valence-electron chi connectivity index (χ1n) is 13.9. The number of pyridine rings is 1. The van der Waals surface area contributed by atoms with E-state index in [0.29, 0.717) is 36.2 Å². The van der Waals surface area contributed by atoms with E-state index >= 15 is 0 Å². The maximum Gasteiger partial charge on any atom is 0.506 e. The molecule has 200 valence electrons. The van der Waals surface area contributed by atoms with Crippen LogP contribution in [0, 0.1) is 23.1 Å². The number of halogens is 1. The molecule has 38 heavy (non-hydrogen) atoms. The van der Waals surface area contributed by atoms with Gasteiger partial charge in [-0.1, -0.05) is 19.1 Å². The molecule has 3 unspecified atom stereocenters. The van der Waals surface area contributed by atoms with Crippen LogP contribution in [0.3, 0.4) is 0 Å². The van der Waals surface area contributed by atoms with Crippen LogP contribution in [0.15, 0.2) is 42.7 Å². The zero-order chi connectivity index (χ0) is 26.5. The lowest BCUT2D eigenvalue weighted by Gasteiger charge is -2.50. The zero-order valence-corrected chi connectivity index (χ0v) is 21.8. The van der Waals surface area contributed by atoms with Gasteiger partial charge in [0, 0.05) is 11.8 Å². The second-order valence-corrected chi connectivity index (χ2v) is 12.0. The van der Waals surface area contributed by atoms with E-state index in [1.165, 1.54) is 22.9 Å². The molecule has 0 radical (unpaired) electrons. The zero-order valence-electron chi connectivity index (χ0n) is 21.8. The van der Waals surface area contributed by atoms with Crippen molar-refractivity contribution in [1.29, 1.82) is 0 Å². The van der Waals surface area contributed by atoms with Crippen LogP contribution in [0.4, 0.5) is 9.18 Å². The van der Waals surface area contributed by atoms with Gasteiger partial charge in [-0.3, -0.25) is 9.78 Å². The summed E-state index contributed by atoms with van der Waals surface area (Å²) in [4.78, 5) is 28.3. The van der Waals surface area contributed by atoms with Crippen LogP contribution < -0.4 is 5.32 Å². The molecule has 2 saturated carbocycles. The highest BCUT2D eigenvalue weighted by molar-refractivity contribution is 5.94. The van der Waals surface area contributed by atoms with Gasteiger partial charge < -0.3 is 15.2 Å². The highest BCUT2D eigenvalue weighted by Crippen LogP contribution is 2.63. The molecular weight excluding hydrogens is 483 g/mol. The van der Waals surface area contributed by atoms with E-state index in [9.17, 15) is 14.0 Å². The molecule has 4 aliphatic rings. The Bertz CT molecular complexity index is 1300. The maximum absolute atomic E-state index is 13.9. The molecule has 4 atom stereocenters. The van der Waals surface area contributed by atoms with Gasteiger partial charge in [-0.25, -0.2) is 9.18 Å². The summed E-state index contributed by atoms with van der Waals surface area (Å²) in [6, 6.07) is 7.71. The van der Waals surface area contributed by atoms with E-state index in [2.05, 4.69) is 29.4 Å². The molecule has 1 aromatic heterocycles. The number of nitrogens with one attached hydrogen (secondary N) is 1. The third kappa shape index (κ3) is 4.30. The van der Waals surface area contributed by atoms with Crippen LogP contribution in [0.1, 0.15) is 91.3 Å². The van der Waals surface area contributed by atoms with Gasteiger partial charge in [-0.15, -0.1) is 0 Å². The van der Waals surface area contributed by atoms with E-state index < -0.39 is 11.8 Å². The average molecular weight is 519 g/mol. The number of carboxylic acid groups (broad SMARTS) is 1. The van der Waals surface area contributed by atoms with E-state index in [-0.39, 0.29) is 23.7 Å². The Morgan fingerprint density at radius 2 is 1.97 bits per heavy atom. The number of ether oxygens (including phenoxy) is 1. The van der Waals surface area contributed by atoms with Crippen LogP contribution in [0.2, 0.25) is 0 Å². The minimum atomic E-state index is -1.29. The SMILES string of the molecule is C[C@]12CCC3c4ccc(C(=O)NCC5(OC(=O)O)CCCC5)cc4CCC3C1CC=C2c1cncc(F)c1. The van der Waals surface area contributed by atoms with Crippen LogP contribution in [0.25, 0.3) is 5.57 Å².